The van der Waals surface area contributed by atoms with Crippen LogP contribution in [0.3, 0.4) is 0 Å². The molecule has 2 aromatic rings. The van der Waals surface area contributed by atoms with E-state index in [-0.39, 0.29) is 16.9 Å². The number of ketones is 1. The van der Waals surface area contributed by atoms with Crippen LogP contribution >= 0.6 is 0 Å². The predicted octanol–water partition coefficient (Wildman–Crippen LogP) is 3.24. The third-order valence-electron chi connectivity index (χ3n) is 3.61. The van der Waals surface area contributed by atoms with Gasteiger partial charge in [0.1, 0.15) is 5.82 Å². The summed E-state index contributed by atoms with van der Waals surface area (Å²) in [5.74, 6) is -0.767. The number of benzene rings is 2. The summed E-state index contributed by atoms with van der Waals surface area (Å²) in [7, 11) is 2.73. The van der Waals surface area contributed by atoms with Crippen molar-refractivity contribution in [3.8, 4) is 11.1 Å². The van der Waals surface area contributed by atoms with Gasteiger partial charge in [-0.05, 0) is 17.7 Å². The van der Waals surface area contributed by atoms with E-state index >= 15 is 0 Å². The van der Waals surface area contributed by atoms with Crippen LogP contribution in [0.1, 0.15) is 15.9 Å². The average molecular weight is 285 g/mol. The molecule has 0 radical (unpaired) electrons. The summed E-state index contributed by atoms with van der Waals surface area (Å²) < 4.78 is 18.8. The van der Waals surface area contributed by atoms with E-state index in [0.29, 0.717) is 16.8 Å². The van der Waals surface area contributed by atoms with E-state index < -0.39 is 11.9 Å². The summed E-state index contributed by atoms with van der Waals surface area (Å²) in [6, 6.07) is 9.49. The van der Waals surface area contributed by atoms with E-state index in [4.69, 9.17) is 0 Å². The molecule has 1 aliphatic rings. The Bertz CT molecular complexity index is 770. The number of rotatable bonds is 1. The predicted molar refractivity (Wildman–Crippen MR) is 76.1 cm³/mol. The molecule has 0 fully saturated rings. The Labute approximate surface area is 120 Å². The van der Waals surface area contributed by atoms with Crippen LogP contribution in [0.2, 0.25) is 0 Å². The van der Waals surface area contributed by atoms with Gasteiger partial charge < -0.3 is 4.74 Å². The monoisotopic (exact) mass is 285 g/mol. The molecular formula is C16H12FNO3. The van der Waals surface area contributed by atoms with Gasteiger partial charge in [0.15, 0.2) is 5.78 Å². The number of nitrogens with zero attached hydrogens (tertiary/aromatic N) is 1. The van der Waals surface area contributed by atoms with Crippen molar-refractivity contribution >= 4 is 17.6 Å². The van der Waals surface area contributed by atoms with Crippen molar-refractivity contribution < 1.29 is 18.7 Å². The van der Waals surface area contributed by atoms with E-state index in [1.165, 1.54) is 31.2 Å². The Kier molecular flexibility index (Phi) is 2.97. The second-order valence-electron chi connectivity index (χ2n) is 4.72. The van der Waals surface area contributed by atoms with Crippen molar-refractivity contribution in [2.24, 2.45) is 0 Å². The molecule has 0 spiro atoms. The van der Waals surface area contributed by atoms with E-state index in [1.54, 1.807) is 24.3 Å². The van der Waals surface area contributed by atoms with Crippen LogP contribution in [0, 0.1) is 5.82 Å². The van der Waals surface area contributed by atoms with E-state index in [1.807, 2.05) is 0 Å². The van der Waals surface area contributed by atoms with Crippen LogP contribution in [0.5, 0.6) is 0 Å². The van der Waals surface area contributed by atoms with Crippen LogP contribution in [0.15, 0.2) is 36.4 Å². The van der Waals surface area contributed by atoms with Gasteiger partial charge in [-0.1, -0.05) is 24.3 Å². The maximum absolute atomic E-state index is 14.2. The Balaban J connectivity index is 2.27. The van der Waals surface area contributed by atoms with Crippen molar-refractivity contribution in [2.45, 2.75) is 0 Å². The maximum atomic E-state index is 14.2. The van der Waals surface area contributed by atoms with Crippen LogP contribution in [0.25, 0.3) is 11.1 Å². The normalized spacial score (nSPS) is 11.9. The minimum atomic E-state index is -0.618. The molecule has 21 heavy (non-hydrogen) atoms. The van der Waals surface area contributed by atoms with Crippen molar-refractivity contribution in [1.82, 2.24) is 0 Å². The van der Waals surface area contributed by atoms with Gasteiger partial charge >= 0.3 is 6.09 Å². The van der Waals surface area contributed by atoms with Crippen LogP contribution in [-0.2, 0) is 4.74 Å². The highest BCUT2D eigenvalue weighted by molar-refractivity contribution is 6.25. The summed E-state index contributed by atoms with van der Waals surface area (Å²) in [5.41, 5.74) is 1.76. The lowest BCUT2D eigenvalue weighted by Crippen LogP contribution is -2.27. The molecule has 2 aromatic carbocycles. The molecule has 3 rings (SSSR count). The van der Waals surface area contributed by atoms with Gasteiger partial charge in [0, 0.05) is 18.2 Å². The number of methoxy groups -OCH3 is 1. The summed E-state index contributed by atoms with van der Waals surface area (Å²) in [6.07, 6.45) is -0.618. The Morgan fingerprint density at radius 3 is 2.43 bits per heavy atom. The highest BCUT2D eigenvalue weighted by Gasteiger charge is 2.33. The summed E-state index contributed by atoms with van der Waals surface area (Å²) in [4.78, 5) is 25.4. The van der Waals surface area contributed by atoms with Gasteiger partial charge in [0.05, 0.1) is 18.4 Å². The molecule has 0 saturated heterocycles. The van der Waals surface area contributed by atoms with E-state index in [0.717, 1.165) is 0 Å². The molecule has 0 N–H and O–H groups in total. The van der Waals surface area contributed by atoms with Crippen LogP contribution in [-0.4, -0.2) is 26.0 Å². The zero-order valence-corrected chi connectivity index (χ0v) is 11.5. The SMILES string of the molecule is COC(=O)N(C)c1ccc(F)c2c1C(=O)c1ccccc1-2. The molecule has 106 valence electrons. The Morgan fingerprint density at radius 1 is 1.10 bits per heavy atom. The Hall–Kier alpha value is -2.69. The van der Waals surface area contributed by atoms with Gasteiger partial charge in [0.2, 0.25) is 0 Å². The molecule has 1 aliphatic carbocycles. The standard InChI is InChI=1S/C16H12FNO3/c1-18(16(20)21-2)12-8-7-11(17)13-9-5-3-4-6-10(9)15(19)14(12)13/h3-8H,1-2H3. The van der Waals surface area contributed by atoms with Gasteiger partial charge in [-0.3, -0.25) is 9.69 Å². The van der Waals surface area contributed by atoms with Crippen LogP contribution in [0.4, 0.5) is 14.9 Å². The molecule has 0 aromatic heterocycles. The first-order valence-electron chi connectivity index (χ1n) is 6.34. The second kappa shape index (κ2) is 4.70. The van der Waals surface area contributed by atoms with Crippen molar-refractivity contribution in [3.05, 3.63) is 53.3 Å². The first-order valence-corrected chi connectivity index (χ1v) is 6.34. The van der Waals surface area contributed by atoms with E-state index in [9.17, 15) is 14.0 Å². The number of fused-ring (bicyclic) bond motifs is 3. The average Bonchev–Trinajstić information content (AvgIpc) is 2.81. The number of anilines is 1. The van der Waals surface area contributed by atoms with Gasteiger partial charge in [-0.2, -0.15) is 0 Å². The highest BCUT2D eigenvalue weighted by atomic mass is 19.1. The lowest BCUT2D eigenvalue weighted by atomic mass is 10.0. The first kappa shape index (κ1) is 13.3. The third kappa shape index (κ3) is 1.81. The summed E-state index contributed by atoms with van der Waals surface area (Å²) >= 11 is 0. The number of carbonyl (C=O) groups is 2. The fourth-order valence-corrected chi connectivity index (χ4v) is 2.61. The minimum Gasteiger partial charge on any atom is -0.452 e. The fraction of sp³-hybridized carbons (Fsp3) is 0.125. The lowest BCUT2D eigenvalue weighted by Gasteiger charge is -2.18. The number of ether oxygens (including phenoxy) is 1. The summed E-state index contributed by atoms with van der Waals surface area (Å²) in [5, 5.41) is 0. The van der Waals surface area contributed by atoms with E-state index in [2.05, 4.69) is 4.74 Å². The number of halogens is 1. The molecule has 0 saturated carbocycles. The van der Waals surface area contributed by atoms with Crippen molar-refractivity contribution in [1.29, 1.82) is 0 Å². The number of hydrogen-bond donors (Lipinski definition) is 0. The zero-order chi connectivity index (χ0) is 15.1. The zero-order valence-electron chi connectivity index (χ0n) is 11.5. The molecular weight excluding hydrogens is 273 g/mol. The molecule has 0 unspecified atom stereocenters. The lowest BCUT2D eigenvalue weighted by molar-refractivity contribution is 0.104. The molecule has 0 atom stereocenters. The Morgan fingerprint density at radius 2 is 1.76 bits per heavy atom. The fourth-order valence-electron chi connectivity index (χ4n) is 2.61. The number of amides is 1. The minimum absolute atomic E-state index is 0.198. The van der Waals surface area contributed by atoms with Crippen molar-refractivity contribution in [3.63, 3.8) is 0 Å². The molecule has 5 heteroatoms. The third-order valence-corrected chi connectivity index (χ3v) is 3.61. The maximum Gasteiger partial charge on any atom is 0.413 e. The largest absolute Gasteiger partial charge is 0.452 e. The van der Waals surface area contributed by atoms with Gasteiger partial charge in [-0.15, -0.1) is 0 Å². The second-order valence-corrected chi connectivity index (χ2v) is 4.72. The first-order chi connectivity index (χ1) is 10.1. The highest BCUT2D eigenvalue weighted by Crippen LogP contribution is 2.42. The van der Waals surface area contributed by atoms with Gasteiger partial charge in [0.25, 0.3) is 0 Å². The molecule has 0 bridgehead atoms. The quantitative estimate of drug-likeness (QED) is 0.689. The van der Waals surface area contributed by atoms with Gasteiger partial charge in [-0.25, -0.2) is 9.18 Å². The molecule has 0 aliphatic heterocycles. The number of carbonyl (C=O) groups excluding carboxylic acids is 2. The molecule has 1 amide bonds. The number of hydrogen-bond acceptors (Lipinski definition) is 3. The smallest absolute Gasteiger partial charge is 0.413 e. The molecule has 0 heterocycles. The summed E-state index contributed by atoms with van der Waals surface area (Å²) in [6.45, 7) is 0. The molecule has 4 nitrogen and oxygen atoms in total. The van der Waals surface area contributed by atoms with Crippen LogP contribution < -0.4 is 4.90 Å². The van der Waals surface area contributed by atoms with Crippen molar-refractivity contribution in [2.75, 3.05) is 19.1 Å². The topological polar surface area (TPSA) is 46.6 Å².